The van der Waals surface area contributed by atoms with Crippen LogP contribution in [-0.2, 0) is 21.0 Å². The van der Waals surface area contributed by atoms with Crippen molar-refractivity contribution in [3.05, 3.63) is 35.8 Å². The van der Waals surface area contributed by atoms with E-state index in [1.165, 1.54) is 7.11 Å². The summed E-state index contributed by atoms with van der Waals surface area (Å²) in [6, 6.07) is 5.23. The third kappa shape index (κ3) is 2.78. The first-order valence-corrected chi connectivity index (χ1v) is 8.56. The molecule has 0 bridgehead atoms. The topological polar surface area (TPSA) is 77.7 Å². The summed E-state index contributed by atoms with van der Waals surface area (Å²) in [6.45, 7) is 0. The normalized spacial score (nSPS) is 20.7. The number of hydrogen-bond acceptors (Lipinski definition) is 5. The van der Waals surface area contributed by atoms with Gasteiger partial charge in [-0.25, -0.2) is 18.2 Å². The van der Waals surface area contributed by atoms with Gasteiger partial charge in [0.2, 0.25) is 0 Å². The van der Waals surface area contributed by atoms with Gasteiger partial charge in [0.1, 0.15) is 11.3 Å². The van der Waals surface area contributed by atoms with Crippen molar-refractivity contribution in [2.45, 2.75) is 12.8 Å². The highest BCUT2D eigenvalue weighted by molar-refractivity contribution is 7.91. The highest BCUT2D eigenvalue weighted by Crippen LogP contribution is 2.22. The van der Waals surface area contributed by atoms with Gasteiger partial charge in [0.15, 0.2) is 9.84 Å². The predicted molar refractivity (Wildman–Crippen MR) is 77.0 cm³/mol. The SMILES string of the molecule is COC(=O)c1cccc2nc(CC3CCS(=O)(=O)C3)cn12. The summed E-state index contributed by atoms with van der Waals surface area (Å²) in [6.07, 6.45) is 3.08. The number of hydrogen-bond donors (Lipinski definition) is 0. The average Bonchev–Trinajstić information content (AvgIpc) is 3.00. The number of aromatic nitrogens is 2. The summed E-state index contributed by atoms with van der Waals surface area (Å²) < 4.78 is 29.4. The predicted octanol–water partition coefficient (Wildman–Crippen LogP) is 1.10. The Morgan fingerprint density at radius 3 is 2.95 bits per heavy atom. The van der Waals surface area contributed by atoms with Crippen molar-refractivity contribution in [1.82, 2.24) is 9.38 Å². The molecule has 1 aliphatic heterocycles. The van der Waals surface area contributed by atoms with Crippen molar-refractivity contribution >= 4 is 21.5 Å². The highest BCUT2D eigenvalue weighted by atomic mass is 32.2. The molecule has 3 heterocycles. The standard InChI is InChI=1S/C14H16N2O4S/c1-20-14(17)12-3-2-4-13-15-11(8-16(12)13)7-10-5-6-21(18,19)9-10/h2-4,8,10H,5-7,9H2,1H3. The number of esters is 1. The van der Waals surface area contributed by atoms with E-state index in [1.807, 2.05) is 0 Å². The number of methoxy groups -OCH3 is 1. The number of carbonyl (C=O) groups is 1. The maximum absolute atomic E-state index is 11.7. The number of pyridine rings is 1. The fourth-order valence-electron chi connectivity index (χ4n) is 2.76. The number of carbonyl (C=O) groups excluding carboxylic acids is 1. The van der Waals surface area contributed by atoms with Crippen LogP contribution in [0, 0.1) is 5.92 Å². The smallest absolute Gasteiger partial charge is 0.355 e. The van der Waals surface area contributed by atoms with E-state index >= 15 is 0 Å². The molecule has 6 nitrogen and oxygen atoms in total. The summed E-state index contributed by atoms with van der Waals surface area (Å²) >= 11 is 0. The second-order valence-electron chi connectivity index (χ2n) is 5.34. The van der Waals surface area contributed by atoms with E-state index in [4.69, 9.17) is 4.74 Å². The van der Waals surface area contributed by atoms with Crippen LogP contribution in [-0.4, -0.2) is 42.4 Å². The average molecular weight is 308 g/mol. The number of nitrogens with zero attached hydrogens (tertiary/aromatic N) is 2. The van der Waals surface area contributed by atoms with Gasteiger partial charge in [0.05, 0.1) is 24.3 Å². The van der Waals surface area contributed by atoms with E-state index < -0.39 is 15.8 Å². The molecule has 0 N–H and O–H groups in total. The summed E-state index contributed by atoms with van der Waals surface area (Å²) in [4.78, 5) is 16.2. The molecule has 0 aliphatic carbocycles. The second-order valence-corrected chi connectivity index (χ2v) is 7.56. The molecular weight excluding hydrogens is 292 g/mol. The number of fused-ring (bicyclic) bond motifs is 1. The van der Waals surface area contributed by atoms with E-state index in [-0.39, 0.29) is 17.4 Å². The van der Waals surface area contributed by atoms with Gasteiger partial charge in [-0.05, 0) is 30.9 Å². The van der Waals surface area contributed by atoms with Crippen molar-refractivity contribution in [3.63, 3.8) is 0 Å². The second kappa shape index (κ2) is 5.14. The molecule has 1 saturated heterocycles. The number of sulfone groups is 1. The first-order valence-electron chi connectivity index (χ1n) is 6.74. The van der Waals surface area contributed by atoms with Gasteiger partial charge in [-0.15, -0.1) is 0 Å². The summed E-state index contributed by atoms with van der Waals surface area (Å²) in [5.41, 5.74) is 1.87. The number of imidazole rings is 1. The molecule has 0 saturated carbocycles. The fourth-order valence-corrected chi connectivity index (χ4v) is 4.62. The minimum absolute atomic E-state index is 0.112. The molecule has 0 amide bonds. The Bertz CT molecular complexity index is 794. The van der Waals surface area contributed by atoms with Gasteiger partial charge in [-0.3, -0.25) is 4.40 Å². The quantitative estimate of drug-likeness (QED) is 0.793. The fraction of sp³-hybridized carbons (Fsp3) is 0.429. The van der Waals surface area contributed by atoms with Crippen LogP contribution in [0.25, 0.3) is 5.65 Å². The van der Waals surface area contributed by atoms with Crippen molar-refractivity contribution < 1.29 is 17.9 Å². The molecule has 1 fully saturated rings. The van der Waals surface area contributed by atoms with Crippen LogP contribution in [0.1, 0.15) is 22.6 Å². The molecule has 1 aliphatic rings. The largest absolute Gasteiger partial charge is 0.464 e. The molecule has 0 spiro atoms. The zero-order chi connectivity index (χ0) is 15.0. The van der Waals surface area contributed by atoms with Crippen LogP contribution in [0.3, 0.4) is 0 Å². The minimum Gasteiger partial charge on any atom is -0.464 e. The van der Waals surface area contributed by atoms with Crippen LogP contribution >= 0.6 is 0 Å². The third-order valence-electron chi connectivity index (χ3n) is 3.76. The van der Waals surface area contributed by atoms with Gasteiger partial charge >= 0.3 is 5.97 Å². The molecule has 3 rings (SSSR count). The lowest BCUT2D eigenvalue weighted by atomic mass is 10.0. The molecule has 1 atom stereocenters. The highest BCUT2D eigenvalue weighted by Gasteiger charge is 2.28. The van der Waals surface area contributed by atoms with E-state index in [2.05, 4.69) is 4.98 Å². The number of rotatable bonds is 3. The van der Waals surface area contributed by atoms with Crippen LogP contribution in [0.15, 0.2) is 24.4 Å². The molecule has 0 radical (unpaired) electrons. The minimum atomic E-state index is -2.88. The molecule has 112 valence electrons. The summed E-state index contributed by atoms with van der Waals surface area (Å²) in [7, 11) is -1.54. The van der Waals surface area contributed by atoms with Crippen LogP contribution < -0.4 is 0 Å². The van der Waals surface area contributed by atoms with Gasteiger partial charge in [0, 0.05) is 6.20 Å². The van der Waals surface area contributed by atoms with Crippen molar-refractivity contribution in [1.29, 1.82) is 0 Å². The van der Waals surface area contributed by atoms with Crippen LogP contribution in [0.4, 0.5) is 0 Å². The summed E-state index contributed by atoms with van der Waals surface area (Å²) in [5.74, 6) is 0.179. The lowest BCUT2D eigenvalue weighted by molar-refractivity contribution is 0.0592. The summed E-state index contributed by atoms with van der Waals surface area (Å²) in [5, 5.41) is 0. The number of ether oxygens (including phenoxy) is 1. The van der Waals surface area contributed by atoms with Crippen LogP contribution in [0.2, 0.25) is 0 Å². The van der Waals surface area contributed by atoms with Crippen molar-refractivity contribution in [3.8, 4) is 0 Å². The Labute approximate surface area is 122 Å². The monoisotopic (exact) mass is 308 g/mol. The van der Waals surface area contributed by atoms with Gasteiger partial charge in [-0.1, -0.05) is 6.07 Å². The van der Waals surface area contributed by atoms with E-state index in [0.717, 1.165) is 5.69 Å². The Morgan fingerprint density at radius 1 is 1.48 bits per heavy atom. The Kier molecular flexibility index (Phi) is 3.44. The Morgan fingerprint density at radius 2 is 2.29 bits per heavy atom. The molecule has 21 heavy (non-hydrogen) atoms. The maximum atomic E-state index is 11.7. The molecule has 2 aromatic heterocycles. The Hall–Kier alpha value is -1.89. The molecule has 0 aromatic carbocycles. The molecule has 1 unspecified atom stereocenters. The van der Waals surface area contributed by atoms with Gasteiger partial charge in [0.25, 0.3) is 0 Å². The van der Waals surface area contributed by atoms with E-state index in [1.54, 1.807) is 28.8 Å². The van der Waals surface area contributed by atoms with Crippen LogP contribution in [0.5, 0.6) is 0 Å². The molecular formula is C14H16N2O4S. The third-order valence-corrected chi connectivity index (χ3v) is 5.60. The first-order chi connectivity index (χ1) is 9.98. The maximum Gasteiger partial charge on any atom is 0.355 e. The van der Waals surface area contributed by atoms with E-state index in [9.17, 15) is 13.2 Å². The lowest BCUT2D eigenvalue weighted by Gasteiger charge is -2.03. The Balaban J connectivity index is 1.89. The zero-order valence-corrected chi connectivity index (χ0v) is 12.5. The van der Waals surface area contributed by atoms with Gasteiger partial charge < -0.3 is 4.74 Å². The molecule has 7 heteroatoms. The lowest BCUT2D eigenvalue weighted by Crippen LogP contribution is -2.08. The van der Waals surface area contributed by atoms with Gasteiger partial charge in [-0.2, -0.15) is 0 Å². The molecule has 2 aromatic rings. The van der Waals surface area contributed by atoms with Crippen molar-refractivity contribution in [2.75, 3.05) is 18.6 Å². The first kappa shape index (κ1) is 14.1. The van der Waals surface area contributed by atoms with Crippen molar-refractivity contribution in [2.24, 2.45) is 5.92 Å². The van der Waals surface area contributed by atoms with E-state index in [0.29, 0.717) is 24.2 Å². The zero-order valence-electron chi connectivity index (χ0n) is 11.7.